The first-order valence-corrected chi connectivity index (χ1v) is 12.3. The molecule has 3 heterocycles. The van der Waals surface area contributed by atoms with Crippen molar-refractivity contribution in [3.8, 4) is 5.75 Å². The smallest absolute Gasteiger partial charge is 0.290 e. The van der Waals surface area contributed by atoms with E-state index in [0.29, 0.717) is 30.3 Å². The van der Waals surface area contributed by atoms with E-state index < -0.39 is 17.7 Å². The molecule has 0 saturated carbocycles. The maximum absolute atomic E-state index is 13.6. The van der Waals surface area contributed by atoms with Crippen molar-refractivity contribution in [2.24, 2.45) is 0 Å². The second kappa shape index (κ2) is 10.1. The molecule has 1 saturated heterocycles. The van der Waals surface area contributed by atoms with Gasteiger partial charge in [0.2, 0.25) is 5.78 Å². The zero-order chi connectivity index (χ0) is 23.5. The summed E-state index contributed by atoms with van der Waals surface area (Å²) in [4.78, 5) is 33.1. The molecule has 2 atom stereocenters. The normalized spacial score (nSPS) is 20.7. The molecule has 0 spiro atoms. The zero-order valence-corrected chi connectivity index (χ0v) is 20.1. The van der Waals surface area contributed by atoms with Gasteiger partial charge in [0.25, 0.3) is 5.91 Å². The van der Waals surface area contributed by atoms with Crippen LogP contribution in [-0.2, 0) is 9.53 Å². The molecule has 1 aromatic carbocycles. The van der Waals surface area contributed by atoms with Gasteiger partial charge in [-0.25, -0.2) is 4.98 Å². The number of nitrogens with zero attached hydrogens (tertiary/aromatic N) is 2. The summed E-state index contributed by atoms with van der Waals surface area (Å²) in [5.41, 5.74) is 1.45. The first-order valence-electron chi connectivity index (χ1n) is 11.5. The van der Waals surface area contributed by atoms with E-state index >= 15 is 0 Å². The van der Waals surface area contributed by atoms with Crippen molar-refractivity contribution >= 4 is 23.0 Å². The number of rotatable bonds is 9. The molecule has 0 aliphatic carbocycles. The Bertz CT molecular complexity index is 1050. The summed E-state index contributed by atoms with van der Waals surface area (Å²) < 4.78 is 11.5. The summed E-state index contributed by atoms with van der Waals surface area (Å²) in [5.74, 6) is -0.651. The first-order chi connectivity index (χ1) is 15.9. The molecular weight excluding hydrogens is 440 g/mol. The summed E-state index contributed by atoms with van der Waals surface area (Å²) in [6.45, 7) is 7.33. The Labute approximate surface area is 198 Å². The maximum Gasteiger partial charge on any atom is 0.290 e. The highest BCUT2D eigenvalue weighted by Gasteiger charge is 2.45. The number of carbonyl (C=O) groups is 2. The van der Waals surface area contributed by atoms with Crippen molar-refractivity contribution in [1.29, 1.82) is 0 Å². The Hall–Kier alpha value is -2.71. The third-order valence-corrected chi connectivity index (χ3v) is 7.12. The Morgan fingerprint density at radius 3 is 2.67 bits per heavy atom. The number of amides is 1. The zero-order valence-electron chi connectivity index (χ0n) is 19.3. The minimum Gasteiger partial charge on any atom is -0.503 e. The summed E-state index contributed by atoms with van der Waals surface area (Å²) in [6, 6.07) is 6.72. The van der Waals surface area contributed by atoms with Crippen LogP contribution in [0.15, 0.2) is 35.6 Å². The van der Waals surface area contributed by atoms with Crippen molar-refractivity contribution in [2.45, 2.75) is 58.6 Å². The van der Waals surface area contributed by atoms with Crippen LogP contribution in [0.4, 0.5) is 0 Å². The molecule has 1 amide bonds. The highest BCUT2D eigenvalue weighted by molar-refractivity contribution is 7.14. The van der Waals surface area contributed by atoms with E-state index in [1.54, 1.807) is 11.8 Å². The van der Waals surface area contributed by atoms with E-state index in [1.165, 1.54) is 11.3 Å². The highest BCUT2D eigenvalue weighted by Crippen LogP contribution is 2.41. The molecule has 8 heteroatoms. The molecule has 0 bridgehead atoms. The van der Waals surface area contributed by atoms with Crippen LogP contribution >= 0.6 is 11.3 Å². The summed E-state index contributed by atoms with van der Waals surface area (Å²) in [6.07, 6.45) is 3.69. The second-order valence-electron chi connectivity index (χ2n) is 8.50. The number of unbranched alkanes of at least 4 members (excludes halogenated alkanes) is 1. The fourth-order valence-electron chi connectivity index (χ4n) is 4.37. The van der Waals surface area contributed by atoms with Crippen molar-refractivity contribution in [3.05, 3.63) is 56.7 Å². The molecule has 1 N–H and O–H groups in total. The number of aliphatic hydroxyl groups excluding tert-OH is 1. The van der Waals surface area contributed by atoms with E-state index in [9.17, 15) is 14.7 Å². The van der Waals surface area contributed by atoms with Gasteiger partial charge in [0, 0.05) is 13.2 Å². The molecule has 1 fully saturated rings. The van der Waals surface area contributed by atoms with Crippen LogP contribution in [0, 0.1) is 13.8 Å². The summed E-state index contributed by atoms with van der Waals surface area (Å²) >= 11 is 1.28. The van der Waals surface area contributed by atoms with E-state index in [2.05, 4.69) is 11.9 Å². The maximum atomic E-state index is 13.6. The largest absolute Gasteiger partial charge is 0.503 e. The molecule has 4 rings (SSSR count). The Morgan fingerprint density at radius 2 is 2.06 bits per heavy atom. The summed E-state index contributed by atoms with van der Waals surface area (Å²) in [7, 11) is 0. The van der Waals surface area contributed by atoms with Gasteiger partial charge in [-0.1, -0.05) is 25.5 Å². The highest BCUT2D eigenvalue weighted by atomic mass is 32.1. The molecule has 7 nitrogen and oxygen atoms in total. The van der Waals surface area contributed by atoms with Gasteiger partial charge in [-0.2, -0.15) is 0 Å². The summed E-state index contributed by atoms with van der Waals surface area (Å²) in [5, 5.41) is 11.6. The third-order valence-electron chi connectivity index (χ3n) is 6.04. The molecule has 2 aliphatic rings. The van der Waals surface area contributed by atoms with Crippen molar-refractivity contribution in [1.82, 2.24) is 9.88 Å². The Kier molecular flexibility index (Phi) is 7.14. The number of hydrogen-bond acceptors (Lipinski definition) is 7. The molecule has 33 heavy (non-hydrogen) atoms. The topological polar surface area (TPSA) is 89.0 Å². The van der Waals surface area contributed by atoms with Crippen LogP contribution in [0.5, 0.6) is 5.75 Å². The quantitative estimate of drug-likeness (QED) is 0.422. The molecule has 2 unspecified atom stereocenters. The monoisotopic (exact) mass is 470 g/mol. The van der Waals surface area contributed by atoms with Gasteiger partial charge in [-0.05, 0) is 50.8 Å². The van der Waals surface area contributed by atoms with Crippen molar-refractivity contribution < 1.29 is 24.2 Å². The second-order valence-corrected chi connectivity index (χ2v) is 9.71. The minimum absolute atomic E-state index is 0.101. The number of Topliss-reactive ketones (excluding diaryl/α,β-unsaturated/α-hetero) is 1. The number of aryl methyl sites for hydroxylation is 2. The molecule has 0 radical (unpaired) electrons. The lowest BCUT2D eigenvalue weighted by Crippen LogP contribution is -2.37. The van der Waals surface area contributed by atoms with Gasteiger partial charge >= 0.3 is 0 Å². The SMILES string of the molecule is CCCCOc1ccc(C2C(C(=O)c3sc(C)nc3C)=C(O)C(=O)N2CC2CCCO2)cc1. The van der Waals surface area contributed by atoms with Gasteiger partial charge in [0.1, 0.15) is 5.75 Å². The van der Waals surface area contributed by atoms with Gasteiger partial charge in [0.15, 0.2) is 5.76 Å². The average molecular weight is 471 g/mol. The van der Waals surface area contributed by atoms with Gasteiger partial charge in [-0.15, -0.1) is 11.3 Å². The number of ether oxygens (including phenoxy) is 2. The molecule has 2 aromatic rings. The number of hydrogen-bond donors (Lipinski definition) is 1. The van der Waals surface area contributed by atoms with Crippen molar-refractivity contribution in [2.75, 3.05) is 19.8 Å². The van der Waals surface area contributed by atoms with Crippen LogP contribution < -0.4 is 4.74 Å². The predicted octanol–water partition coefficient (Wildman–Crippen LogP) is 4.70. The van der Waals surface area contributed by atoms with Gasteiger partial charge in [0.05, 0.1) is 39.9 Å². The molecule has 2 aliphatic heterocycles. The van der Waals surface area contributed by atoms with Crippen molar-refractivity contribution in [3.63, 3.8) is 0 Å². The number of aromatic nitrogens is 1. The number of thiazole rings is 1. The number of carbonyl (C=O) groups excluding carboxylic acids is 2. The predicted molar refractivity (Wildman–Crippen MR) is 126 cm³/mol. The Morgan fingerprint density at radius 1 is 1.30 bits per heavy atom. The van der Waals surface area contributed by atoms with Gasteiger partial charge in [-0.3, -0.25) is 9.59 Å². The molecule has 176 valence electrons. The fourth-order valence-corrected chi connectivity index (χ4v) is 5.25. The van der Waals surface area contributed by atoms with Crippen LogP contribution in [0.1, 0.15) is 64.6 Å². The number of aliphatic hydroxyl groups is 1. The fraction of sp³-hybridized carbons (Fsp3) is 0.480. The lowest BCUT2D eigenvalue weighted by atomic mass is 9.94. The third kappa shape index (κ3) is 4.82. The minimum atomic E-state index is -0.694. The average Bonchev–Trinajstić information content (AvgIpc) is 3.49. The standard InChI is InChI=1S/C25H30N2O5S/c1-4-5-12-31-18-10-8-17(9-11-18)21-20(22(28)24-15(2)26-16(3)33-24)23(29)25(30)27(21)14-19-7-6-13-32-19/h8-11,19,21,29H,4-7,12-14H2,1-3H3. The van der Waals surface area contributed by atoms with Crippen LogP contribution in [-0.4, -0.2) is 52.5 Å². The van der Waals surface area contributed by atoms with Gasteiger partial charge < -0.3 is 19.5 Å². The first kappa shape index (κ1) is 23.4. The Balaban J connectivity index is 1.69. The van der Waals surface area contributed by atoms with E-state index in [-0.39, 0.29) is 17.5 Å². The van der Waals surface area contributed by atoms with E-state index in [0.717, 1.165) is 42.0 Å². The number of benzene rings is 1. The van der Waals surface area contributed by atoms with Crippen LogP contribution in [0.2, 0.25) is 0 Å². The molecular formula is C25H30N2O5S. The van der Waals surface area contributed by atoms with E-state index in [4.69, 9.17) is 9.47 Å². The van der Waals surface area contributed by atoms with E-state index in [1.807, 2.05) is 31.2 Å². The van der Waals surface area contributed by atoms with Crippen LogP contribution in [0.3, 0.4) is 0 Å². The molecule has 1 aromatic heterocycles. The lowest BCUT2D eigenvalue weighted by molar-refractivity contribution is -0.131. The lowest BCUT2D eigenvalue weighted by Gasteiger charge is -2.29. The van der Waals surface area contributed by atoms with Crippen LogP contribution in [0.25, 0.3) is 0 Å². The number of ketones is 1.